The number of rotatable bonds is 4. The van der Waals surface area contributed by atoms with Gasteiger partial charge in [0.25, 0.3) is 0 Å². The number of hydrogen-bond acceptors (Lipinski definition) is 5. The molecule has 0 spiro atoms. The zero-order chi connectivity index (χ0) is 10.9. The Hall–Kier alpha value is 0.862. The Morgan fingerprint density at radius 1 is 0.688 bits per heavy atom. The van der Waals surface area contributed by atoms with Crippen LogP contribution in [0.15, 0.2) is 0 Å². The summed E-state index contributed by atoms with van der Waals surface area (Å²) >= 11 is 0. The molecule has 0 aliphatic heterocycles. The molecule has 12 nitrogen and oxygen atoms in total. The minimum atomic E-state index is -5.46. The molecule has 0 aromatic rings. The van der Waals surface area contributed by atoms with Crippen LogP contribution in [0.5, 0.6) is 0 Å². The molecule has 0 radical (unpaired) electrons. The highest BCUT2D eigenvalue weighted by molar-refractivity contribution is 7.66. The summed E-state index contributed by atoms with van der Waals surface area (Å²) in [6.07, 6.45) is 0. The zero-order valence-electron chi connectivity index (χ0n) is 6.62. The quantitative estimate of drug-likeness (QED) is 0.252. The van der Waals surface area contributed by atoms with Crippen LogP contribution in [0.25, 0.3) is 0 Å². The van der Waals surface area contributed by atoms with Gasteiger partial charge in [0.2, 0.25) is 0 Å². The topological polar surface area (TPSA) is 234 Å². The summed E-state index contributed by atoms with van der Waals surface area (Å²) in [6.45, 7) is 0. The molecule has 0 rings (SSSR count). The fourth-order valence-electron chi connectivity index (χ4n) is 0.284. The van der Waals surface area contributed by atoms with Gasteiger partial charge in [0.15, 0.2) is 17.4 Å². The normalized spacial score (nSPS) is 11.8. The molecule has 9 N–H and O–H groups in total. The monoisotopic (exact) mass is 324 g/mol. The van der Waals surface area contributed by atoms with E-state index in [-0.39, 0.29) is 28.3 Å². The highest BCUT2D eigenvalue weighted by atomic mass is 31.3. The molecule has 0 saturated heterocycles. The van der Waals surface area contributed by atoms with E-state index >= 15 is 0 Å². The summed E-state index contributed by atoms with van der Waals surface area (Å²) in [5, 5.41) is 0. The Balaban J connectivity index is -0.000000240. The van der Waals surface area contributed by atoms with Crippen molar-refractivity contribution in [2.75, 3.05) is 0 Å². The van der Waals surface area contributed by atoms with Gasteiger partial charge in [0.05, 0.1) is 0 Å². The highest BCUT2D eigenvalue weighted by Gasteiger charge is 2.38. The largest absolute Gasteiger partial charge is 0.490 e. The van der Waals surface area contributed by atoms with Gasteiger partial charge in [-0.1, -0.05) is 0 Å². The Morgan fingerprint density at radius 3 is 1.00 bits per heavy atom. The second-order valence-electron chi connectivity index (χ2n) is 1.61. The smallest absolute Gasteiger partial charge is 0.412 e. The van der Waals surface area contributed by atoms with Gasteiger partial charge in [0, 0.05) is 0 Å². The molecule has 16 heteroatoms. The Kier molecular flexibility index (Phi) is 12.9. The molecule has 0 bridgehead atoms. The van der Waals surface area contributed by atoms with Crippen LogP contribution in [0.3, 0.4) is 0 Å². The van der Waals surface area contributed by atoms with Crippen LogP contribution >= 0.6 is 23.5 Å². The third kappa shape index (κ3) is 17.3. The molecule has 0 atom stereocenters. The van der Waals surface area contributed by atoms with E-state index in [0.29, 0.717) is 0 Å². The maximum atomic E-state index is 10.4. The van der Waals surface area contributed by atoms with E-state index < -0.39 is 23.5 Å². The van der Waals surface area contributed by atoms with E-state index in [0.717, 1.165) is 0 Å². The first-order valence-electron chi connectivity index (χ1n) is 2.28. The summed E-state index contributed by atoms with van der Waals surface area (Å²) in [5.41, 5.74) is 0. The number of hydrogen-bond donors (Lipinski definition) is 5. The molecular formula is H12AlO12P3. The number of phosphoric acid groups is 3. The molecule has 16 heavy (non-hydrogen) atoms. The first kappa shape index (κ1) is 25.6. The Bertz CT molecular complexity index is 278. The predicted octanol–water partition coefficient (Wildman–Crippen LogP) is -3.53. The van der Waals surface area contributed by atoms with E-state index in [1.807, 2.05) is 0 Å². The lowest BCUT2D eigenvalue weighted by atomic mass is 15.7. The first-order chi connectivity index (χ1) is 5.41. The van der Waals surface area contributed by atoms with Crippen LogP contribution in [-0.2, 0) is 22.3 Å². The predicted molar refractivity (Wildman–Crippen MR) is 53.3 cm³/mol. The van der Waals surface area contributed by atoms with Crippen LogP contribution in [0.2, 0.25) is 0 Å². The van der Waals surface area contributed by atoms with Crippen LogP contribution in [0.4, 0.5) is 0 Å². The average Bonchev–Trinajstić information content (AvgIpc) is 1.43. The van der Waals surface area contributed by atoms with Crippen molar-refractivity contribution in [2.45, 2.75) is 0 Å². The summed E-state index contributed by atoms with van der Waals surface area (Å²) in [5.74, 6) is 0. The van der Waals surface area contributed by atoms with E-state index in [9.17, 15) is 13.7 Å². The van der Waals surface area contributed by atoms with Gasteiger partial charge in [-0.15, -0.1) is 0 Å². The van der Waals surface area contributed by atoms with Crippen molar-refractivity contribution in [3.63, 3.8) is 0 Å². The van der Waals surface area contributed by atoms with Crippen LogP contribution in [-0.4, -0.2) is 52.8 Å². The van der Waals surface area contributed by atoms with Gasteiger partial charge in [0.1, 0.15) is 0 Å². The lowest BCUT2D eigenvalue weighted by molar-refractivity contribution is 0.204. The molecule has 0 fully saturated rings. The minimum absolute atomic E-state index is 0. The standard InChI is InChI=1S/Al.H5O10P3.2H2O.3H/c;1-11(2,3)9-13(7,8)10-12(4,5)6;;;;;/h;(H,7,8)(H2,1,2,3)(H2,4,5,6);2*1H2;;;. The molecule has 0 heterocycles. The molecule has 0 unspecified atom stereocenters. The third-order valence-electron chi connectivity index (χ3n) is 0.419. The lowest BCUT2D eigenvalue weighted by Crippen LogP contribution is -1.91. The van der Waals surface area contributed by atoms with Crippen molar-refractivity contribution in [1.29, 1.82) is 0 Å². The highest BCUT2D eigenvalue weighted by Crippen LogP contribution is 2.64. The van der Waals surface area contributed by atoms with Gasteiger partial charge in [-0.3, -0.25) is 0 Å². The van der Waals surface area contributed by atoms with Crippen molar-refractivity contribution >= 4 is 40.8 Å². The van der Waals surface area contributed by atoms with Crippen LogP contribution in [0.1, 0.15) is 0 Å². The van der Waals surface area contributed by atoms with Gasteiger partial charge in [-0.05, 0) is 0 Å². The average molecular weight is 324 g/mol. The van der Waals surface area contributed by atoms with E-state index in [4.69, 9.17) is 24.5 Å². The summed E-state index contributed by atoms with van der Waals surface area (Å²) in [4.78, 5) is 40.2. The van der Waals surface area contributed by atoms with Gasteiger partial charge in [-0.25, -0.2) is 13.7 Å². The lowest BCUT2D eigenvalue weighted by Gasteiger charge is -2.11. The summed E-state index contributed by atoms with van der Waals surface area (Å²) in [6, 6.07) is 0. The van der Waals surface area contributed by atoms with Crippen LogP contribution < -0.4 is 0 Å². The zero-order valence-corrected chi connectivity index (χ0v) is 9.30. The van der Waals surface area contributed by atoms with Gasteiger partial charge in [-0.2, -0.15) is 8.62 Å². The van der Waals surface area contributed by atoms with E-state index in [1.165, 1.54) is 0 Å². The SMILES string of the molecule is O.O.O=P(O)(O)OP(=O)(O)OP(=O)(O)O.[AlH3]. The van der Waals surface area contributed by atoms with E-state index in [2.05, 4.69) is 8.62 Å². The Morgan fingerprint density at radius 2 is 0.875 bits per heavy atom. The van der Waals surface area contributed by atoms with Gasteiger partial charge >= 0.3 is 23.5 Å². The molecule has 0 aromatic heterocycles. The maximum Gasteiger partial charge on any atom is 0.490 e. The van der Waals surface area contributed by atoms with Crippen molar-refractivity contribution < 1.29 is 57.7 Å². The molecule has 0 amide bonds. The first-order valence-corrected chi connectivity index (χ1v) is 6.83. The minimum Gasteiger partial charge on any atom is -0.412 e. The molecule has 0 aromatic carbocycles. The molecule has 0 saturated carbocycles. The maximum absolute atomic E-state index is 10.4. The van der Waals surface area contributed by atoms with Crippen molar-refractivity contribution in [1.82, 2.24) is 0 Å². The van der Waals surface area contributed by atoms with Crippen molar-refractivity contribution in [3.8, 4) is 0 Å². The fraction of sp³-hybridized carbons (Fsp3) is 0. The summed E-state index contributed by atoms with van der Waals surface area (Å²) in [7, 11) is -16.2. The molecule has 102 valence electrons. The van der Waals surface area contributed by atoms with Gasteiger partial charge < -0.3 is 35.4 Å². The summed E-state index contributed by atoms with van der Waals surface area (Å²) < 4.78 is 36.4. The molecular weight excluding hydrogens is 312 g/mol. The van der Waals surface area contributed by atoms with Crippen molar-refractivity contribution in [2.24, 2.45) is 0 Å². The fourth-order valence-corrected chi connectivity index (χ4v) is 2.82. The van der Waals surface area contributed by atoms with Crippen molar-refractivity contribution in [3.05, 3.63) is 0 Å². The second kappa shape index (κ2) is 8.05. The molecule has 0 aliphatic rings. The van der Waals surface area contributed by atoms with E-state index in [1.54, 1.807) is 0 Å². The molecule has 0 aliphatic carbocycles. The third-order valence-corrected chi connectivity index (χ3v) is 3.77. The Labute approximate surface area is 99.1 Å². The second-order valence-corrected chi connectivity index (χ2v) is 5.82. The van der Waals surface area contributed by atoms with Crippen LogP contribution in [0, 0.1) is 0 Å².